The summed E-state index contributed by atoms with van der Waals surface area (Å²) in [4.78, 5) is 38.9. The van der Waals surface area contributed by atoms with Gasteiger partial charge in [-0.25, -0.2) is 0 Å². The summed E-state index contributed by atoms with van der Waals surface area (Å²) in [6.45, 7) is 7.48. The van der Waals surface area contributed by atoms with Crippen LogP contribution in [0.5, 0.6) is 0 Å². The summed E-state index contributed by atoms with van der Waals surface area (Å²) >= 11 is 0. The number of nitrogen functional groups attached to an aromatic ring is 1. The van der Waals surface area contributed by atoms with E-state index < -0.39 is 28.8 Å². The molecule has 1 heterocycles. The molecule has 1 aromatic carbocycles. The standard InChI is InChI=1S/C18H26N4O3/c1-17(2)9-11(19)10-18(3,4)22(17)16(25)15(24)21-14(23)12-7-5-6-8-13(12)20/h5-8,11H,9-10,19-20H2,1-4H3,(H,21,23,24). The largest absolute Gasteiger partial charge is 0.398 e. The van der Waals surface area contributed by atoms with Gasteiger partial charge in [0.2, 0.25) is 0 Å². The van der Waals surface area contributed by atoms with E-state index in [1.807, 2.05) is 27.7 Å². The fourth-order valence-corrected chi connectivity index (χ4v) is 3.94. The lowest BCUT2D eigenvalue weighted by molar-refractivity contribution is -0.158. The van der Waals surface area contributed by atoms with Crippen LogP contribution in [-0.2, 0) is 9.59 Å². The number of carbonyl (C=O) groups excluding carboxylic acids is 3. The summed E-state index contributed by atoms with van der Waals surface area (Å²) in [6.07, 6.45) is 1.16. The molecule has 5 N–H and O–H groups in total. The Labute approximate surface area is 147 Å². The number of nitrogens with two attached hydrogens (primary N) is 2. The average Bonchev–Trinajstić information content (AvgIpc) is 2.44. The number of anilines is 1. The Morgan fingerprint density at radius 3 is 2.12 bits per heavy atom. The minimum Gasteiger partial charge on any atom is -0.398 e. The van der Waals surface area contributed by atoms with Gasteiger partial charge in [0.1, 0.15) is 0 Å². The van der Waals surface area contributed by atoms with Crippen molar-refractivity contribution >= 4 is 23.4 Å². The van der Waals surface area contributed by atoms with Crippen LogP contribution in [-0.4, -0.2) is 39.7 Å². The average molecular weight is 346 g/mol. The smallest absolute Gasteiger partial charge is 0.316 e. The normalized spacial score (nSPS) is 19.3. The predicted octanol–water partition coefficient (Wildman–Crippen LogP) is 1.03. The fraction of sp³-hybridized carbons (Fsp3) is 0.500. The lowest BCUT2D eigenvalue weighted by Gasteiger charge is -2.54. The van der Waals surface area contributed by atoms with Crippen molar-refractivity contribution < 1.29 is 14.4 Å². The van der Waals surface area contributed by atoms with E-state index in [0.717, 1.165) is 0 Å². The van der Waals surface area contributed by atoms with E-state index in [2.05, 4.69) is 5.32 Å². The van der Waals surface area contributed by atoms with Crippen molar-refractivity contribution in [3.63, 3.8) is 0 Å². The molecule has 0 atom stereocenters. The van der Waals surface area contributed by atoms with Gasteiger partial charge in [-0.15, -0.1) is 0 Å². The Bertz CT molecular complexity index is 694. The lowest BCUT2D eigenvalue weighted by atomic mass is 9.77. The number of amides is 3. The van der Waals surface area contributed by atoms with E-state index in [4.69, 9.17) is 11.5 Å². The number of para-hydroxylation sites is 1. The Morgan fingerprint density at radius 1 is 1.08 bits per heavy atom. The number of rotatable bonds is 1. The summed E-state index contributed by atoms with van der Waals surface area (Å²) in [5.74, 6) is -2.41. The monoisotopic (exact) mass is 346 g/mol. The first-order valence-corrected chi connectivity index (χ1v) is 8.26. The molecule has 7 heteroatoms. The van der Waals surface area contributed by atoms with Gasteiger partial charge in [0.15, 0.2) is 0 Å². The second-order valence-corrected chi connectivity index (χ2v) is 7.80. The van der Waals surface area contributed by atoms with E-state index >= 15 is 0 Å². The second kappa shape index (κ2) is 6.48. The summed E-state index contributed by atoms with van der Waals surface area (Å²) in [5, 5.41) is 2.14. The molecule has 0 aliphatic carbocycles. The van der Waals surface area contributed by atoms with Gasteiger partial charge in [-0.1, -0.05) is 12.1 Å². The molecule has 0 saturated carbocycles. The third kappa shape index (κ3) is 3.82. The number of imide groups is 1. The molecule has 1 aliphatic heterocycles. The Balaban J connectivity index is 2.20. The zero-order chi connectivity index (χ0) is 19.0. The quantitative estimate of drug-likeness (QED) is 0.518. The number of likely N-dealkylation sites (tertiary alicyclic amines) is 1. The van der Waals surface area contributed by atoms with Crippen molar-refractivity contribution in [3.8, 4) is 0 Å². The third-order valence-corrected chi connectivity index (χ3v) is 4.56. The molecule has 1 fully saturated rings. The summed E-state index contributed by atoms with van der Waals surface area (Å²) in [7, 11) is 0. The molecule has 0 aromatic heterocycles. The van der Waals surface area contributed by atoms with Gasteiger partial charge >= 0.3 is 11.8 Å². The summed E-state index contributed by atoms with van der Waals surface area (Å²) < 4.78 is 0. The number of hydrogen-bond donors (Lipinski definition) is 3. The van der Waals surface area contributed by atoms with Crippen molar-refractivity contribution in [2.24, 2.45) is 5.73 Å². The highest BCUT2D eigenvalue weighted by Crippen LogP contribution is 2.37. The van der Waals surface area contributed by atoms with E-state index in [-0.39, 0.29) is 17.3 Å². The maximum atomic E-state index is 12.8. The zero-order valence-electron chi connectivity index (χ0n) is 15.1. The molecule has 0 radical (unpaired) electrons. The first-order valence-electron chi connectivity index (χ1n) is 8.26. The highest BCUT2D eigenvalue weighted by Gasteiger charge is 2.48. The number of nitrogens with one attached hydrogen (secondary N) is 1. The highest BCUT2D eigenvalue weighted by molar-refractivity contribution is 6.39. The van der Waals surface area contributed by atoms with Gasteiger partial charge in [0.25, 0.3) is 5.91 Å². The minimum absolute atomic E-state index is 0.0529. The molecular weight excluding hydrogens is 320 g/mol. The summed E-state index contributed by atoms with van der Waals surface area (Å²) in [5.41, 5.74) is 11.0. The Morgan fingerprint density at radius 2 is 1.60 bits per heavy atom. The minimum atomic E-state index is -0.968. The molecule has 0 unspecified atom stereocenters. The van der Waals surface area contributed by atoms with Gasteiger partial charge in [0, 0.05) is 22.8 Å². The zero-order valence-corrected chi connectivity index (χ0v) is 15.1. The molecule has 25 heavy (non-hydrogen) atoms. The van der Waals surface area contributed by atoms with Crippen molar-refractivity contribution in [2.45, 2.75) is 57.7 Å². The van der Waals surface area contributed by atoms with Crippen molar-refractivity contribution in [2.75, 3.05) is 5.73 Å². The van der Waals surface area contributed by atoms with Crippen LogP contribution < -0.4 is 16.8 Å². The molecule has 1 saturated heterocycles. The number of benzene rings is 1. The molecule has 1 aliphatic rings. The van der Waals surface area contributed by atoms with Crippen LogP contribution in [0.15, 0.2) is 24.3 Å². The van der Waals surface area contributed by atoms with E-state index in [1.54, 1.807) is 18.2 Å². The maximum Gasteiger partial charge on any atom is 0.316 e. The van der Waals surface area contributed by atoms with Gasteiger partial charge < -0.3 is 16.4 Å². The number of nitrogens with zero attached hydrogens (tertiary/aromatic N) is 1. The third-order valence-electron chi connectivity index (χ3n) is 4.56. The van der Waals surface area contributed by atoms with Crippen molar-refractivity contribution in [3.05, 3.63) is 29.8 Å². The van der Waals surface area contributed by atoms with Crippen LogP contribution in [0.2, 0.25) is 0 Å². The molecule has 0 spiro atoms. The number of carbonyl (C=O) groups is 3. The van der Waals surface area contributed by atoms with Crippen molar-refractivity contribution in [1.82, 2.24) is 10.2 Å². The van der Waals surface area contributed by atoms with E-state index in [1.165, 1.54) is 11.0 Å². The Hall–Kier alpha value is -2.41. The van der Waals surface area contributed by atoms with E-state index in [9.17, 15) is 14.4 Å². The van der Waals surface area contributed by atoms with Crippen LogP contribution >= 0.6 is 0 Å². The Kier molecular flexibility index (Phi) is 4.90. The SMILES string of the molecule is CC1(C)CC(N)CC(C)(C)N1C(=O)C(=O)NC(=O)c1ccccc1N. The van der Waals surface area contributed by atoms with Gasteiger partial charge in [-0.05, 0) is 52.7 Å². The topological polar surface area (TPSA) is 119 Å². The molecule has 7 nitrogen and oxygen atoms in total. The number of hydrogen-bond acceptors (Lipinski definition) is 5. The van der Waals surface area contributed by atoms with Crippen LogP contribution in [0.3, 0.4) is 0 Å². The van der Waals surface area contributed by atoms with Crippen LogP contribution in [0, 0.1) is 0 Å². The van der Waals surface area contributed by atoms with Gasteiger partial charge in [-0.3, -0.25) is 19.7 Å². The molecule has 2 rings (SSSR count). The number of piperidine rings is 1. The molecule has 1 aromatic rings. The molecule has 3 amide bonds. The molecular formula is C18H26N4O3. The second-order valence-electron chi connectivity index (χ2n) is 7.80. The molecule has 136 valence electrons. The maximum absolute atomic E-state index is 12.8. The van der Waals surface area contributed by atoms with Crippen LogP contribution in [0.1, 0.15) is 50.9 Å². The fourth-order valence-electron chi connectivity index (χ4n) is 3.94. The molecule has 0 bridgehead atoms. The first kappa shape index (κ1) is 18.9. The highest BCUT2D eigenvalue weighted by atomic mass is 16.2. The lowest BCUT2D eigenvalue weighted by Crippen LogP contribution is -2.67. The van der Waals surface area contributed by atoms with Crippen LogP contribution in [0.25, 0.3) is 0 Å². The van der Waals surface area contributed by atoms with Gasteiger partial charge in [-0.2, -0.15) is 0 Å². The summed E-state index contributed by atoms with van der Waals surface area (Å²) in [6, 6.07) is 6.31. The van der Waals surface area contributed by atoms with Crippen molar-refractivity contribution in [1.29, 1.82) is 0 Å². The van der Waals surface area contributed by atoms with E-state index in [0.29, 0.717) is 12.8 Å². The predicted molar refractivity (Wildman–Crippen MR) is 95.5 cm³/mol. The van der Waals surface area contributed by atoms with Crippen LogP contribution in [0.4, 0.5) is 5.69 Å². The van der Waals surface area contributed by atoms with Gasteiger partial charge in [0.05, 0.1) is 5.56 Å². The first-order chi connectivity index (χ1) is 11.5.